The number of nitrogens with one attached hydrogen (secondary N) is 2. The minimum absolute atomic E-state index is 0.234. The van der Waals surface area contributed by atoms with E-state index < -0.39 is 5.54 Å². The summed E-state index contributed by atoms with van der Waals surface area (Å²) in [4.78, 5) is 23.2. The van der Waals surface area contributed by atoms with Crippen molar-refractivity contribution in [2.75, 3.05) is 7.05 Å². The standard InChI is InChI=1S/C27H28N6O4/c1-17-32-22(16-36-17)15-33(3)25(34)21-12-19(11-20(13-21)24-31-9-10-35-24)23(28)37-26(29)27(2,30)14-18-7-5-4-6-8-18/h4-13,16,28-29H,14-15,30H2,1-3H3/t27-/m1/s1. The molecule has 0 bridgehead atoms. The Labute approximate surface area is 214 Å². The van der Waals surface area contributed by atoms with E-state index >= 15 is 0 Å². The second-order valence-electron chi connectivity index (χ2n) is 9.00. The first kappa shape index (κ1) is 25.5. The third-order valence-electron chi connectivity index (χ3n) is 5.67. The molecule has 4 rings (SSSR count). The Hall–Kier alpha value is -4.57. The van der Waals surface area contributed by atoms with Crippen LogP contribution in [0.15, 0.2) is 76.1 Å². The number of carbonyl (C=O) groups excluding carboxylic acids is 1. The number of hydrogen-bond donors (Lipinski definition) is 3. The SMILES string of the molecule is Cc1nc(CN(C)C(=O)c2cc(C(=N)OC(=N)[C@](C)(N)Cc3ccccc3)cc(-c3ncco3)c2)co1. The molecule has 1 atom stereocenters. The Bertz CT molecular complexity index is 1410. The van der Waals surface area contributed by atoms with Gasteiger partial charge in [-0.1, -0.05) is 30.3 Å². The van der Waals surface area contributed by atoms with E-state index in [4.69, 9.17) is 30.1 Å². The van der Waals surface area contributed by atoms with Gasteiger partial charge >= 0.3 is 0 Å². The molecule has 0 unspecified atom stereocenters. The van der Waals surface area contributed by atoms with Crippen molar-refractivity contribution in [1.82, 2.24) is 14.9 Å². The maximum atomic E-state index is 13.3. The van der Waals surface area contributed by atoms with Gasteiger partial charge in [-0.05, 0) is 37.1 Å². The average Bonchev–Trinajstić information content (AvgIpc) is 3.55. The Morgan fingerprint density at radius 2 is 1.86 bits per heavy atom. The van der Waals surface area contributed by atoms with Crippen LogP contribution < -0.4 is 5.73 Å². The molecule has 0 saturated heterocycles. The summed E-state index contributed by atoms with van der Waals surface area (Å²) in [6, 6.07) is 14.3. The van der Waals surface area contributed by atoms with Crippen molar-refractivity contribution >= 4 is 17.7 Å². The lowest BCUT2D eigenvalue weighted by molar-refractivity contribution is 0.0783. The van der Waals surface area contributed by atoms with Crippen LogP contribution in [0.25, 0.3) is 11.5 Å². The summed E-state index contributed by atoms with van der Waals surface area (Å²) in [5, 5.41) is 17.0. The van der Waals surface area contributed by atoms with Crippen LogP contribution in [0.3, 0.4) is 0 Å². The average molecular weight is 501 g/mol. The van der Waals surface area contributed by atoms with E-state index in [9.17, 15) is 4.79 Å². The highest BCUT2D eigenvalue weighted by Crippen LogP contribution is 2.23. The molecule has 0 saturated carbocycles. The number of nitrogens with zero attached hydrogens (tertiary/aromatic N) is 3. The van der Waals surface area contributed by atoms with Crippen LogP contribution in [0.1, 0.15) is 40.0 Å². The maximum Gasteiger partial charge on any atom is 0.253 e. The lowest BCUT2D eigenvalue weighted by atomic mass is 9.93. The number of amides is 1. The monoisotopic (exact) mass is 500 g/mol. The number of aryl methyl sites for hydroxylation is 1. The molecular weight excluding hydrogens is 472 g/mol. The fourth-order valence-electron chi connectivity index (χ4n) is 3.77. The summed E-state index contributed by atoms with van der Waals surface area (Å²) in [6.07, 6.45) is 4.77. The molecule has 1 amide bonds. The Balaban J connectivity index is 1.57. The van der Waals surface area contributed by atoms with Gasteiger partial charge in [-0.25, -0.2) is 9.97 Å². The molecule has 2 aromatic carbocycles. The highest BCUT2D eigenvalue weighted by molar-refractivity contribution is 6.04. The second kappa shape index (κ2) is 10.6. The zero-order valence-corrected chi connectivity index (χ0v) is 20.8. The topological polar surface area (TPSA) is 155 Å². The number of oxazole rings is 2. The molecule has 37 heavy (non-hydrogen) atoms. The van der Waals surface area contributed by atoms with Crippen molar-refractivity contribution in [2.45, 2.75) is 32.4 Å². The molecule has 0 fully saturated rings. The number of rotatable bonds is 8. The molecule has 0 aliphatic carbocycles. The third-order valence-corrected chi connectivity index (χ3v) is 5.67. The van der Waals surface area contributed by atoms with Gasteiger partial charge in [-0.3, -0.25) is 15.6 Å². The van der Waals surface area contributed by atoms with Gasteiger partial charge in [-0.15, -0.1) is 0 Å². The second-order valence-corrected chi connectivity index (χ2v) is 9.00. The predicted octanol–water partition coefficient (Wildman–Crippen LogP) is 4.19. The predicted molar refractivity (Wildman–Crippen MR) is 137 cm³/mol. The van der Waals surface area contributed by atoms with Crippen molar-refractivity contribution in [3.8, 4) is 11.5 Å². The summed E-state index contributed by atoms with van der Waals surface area (Å²) < 4.78 is 16.2. The Kier molecular flexibility index (Phi) is 7.30. The van der Waals surface area contributed by atoms with Gasteiger partial charge in [0.1, 0.15) is 12.5 Å². The molecule has 10 heteroatoms. The summed E-state index contributed by atoms with van der Waals surface area (Å²) in [5.74, 6) is -0.121. The van der Waals surface area contributed by atoms with Crippen LogP contribution in [0.4, 0.5) is 0 Å². The van der Waals surface area contributed by atoms with Crippen molar-refractivity contribution in [2.24, 2.45) is 5.73 Å². The van der Waals surface area contributed by atoms with Gasteiger partial charge < -0.3 is 24.2 Å². The van der Waals surface area contributed by atoms with Crippen LogP contribution in [0, 0.1) is 17.7 Å². The largest absolute Gasteiger partial charge is 0.449 e. The van der Waals surface area contributed by atoms with Crippen LogP contribution >= 0.6 is 0 Å². The highest BCUT2D eigenvalue weighted by Gasteiger charge is 2.29. The first-order chi connectivity index (χ1) is 17.6. The van der Waals surface area contributed by atoms with Crippen LogP contribution in [-0.4, -0.2) is 45.2 Å². The van der Waals surface area contributed by atoms with E-state index in [1.165, 1.54) is 29.7 Å². The molecule has 190 valence electrons. The number of aromatic nitrogens is 2. The van der Waals surface area contributed by atoms with Gasteiger partial charge in [0.15, 0.2) is 5.89 Å². The third kappa shape index (κ3) is 6.17. The van der Waals surface area contributed by atoms with Crippen molar-refractivity contribution in [1.29, 1.82) is 10.8 Å². The summed E-state index contributed by atoms with van der Waals surface area (Å²) in [7, 11) is 1.64. The fraction of sp³-hybridized carbons (Fsp3) is 0.222. The van der Waals surface area contributed by atoms with Gasteiger partial charge in [0.05, 0.1) is 24.0 Å². The van der Waals surface area contributed by atoms with Crippen LogP contribution in [-0.2, 0) is 17.7 Å². The normalized spacial score (nSPS) is 12.5. The Morgan fingerprint density at radius 1 is 1.14 bits per heavy atom. The Morgan fingerprint density at radius 3 is 2.51 bits per heavy atom. The highest BCUT2D eigenvalue weighted by atomic mass is 16.5. The van der Waals surface area contributed by atoms with Gasteiger partial charge in [-0.2, -0.15) is 0 Å². The number of nitrogens with two attached hydrogens (primary N) is 1. The van der Waals surface area contributed by atoms with E-state index in [0.29, 0.717) is 23.6 Å². The number of hydrogen-bond acceptors (Lipinski definition) is 9. The van der Waals surface area contributed by atoms with Crippen molar-refractivity contribution in [3.63, 3.8) is 0 Å². The molecule has 4 aromatic rings. The molecule has 4 N–H and O–H groups in total. The van der Waals surface area contributed by atoms with Gasteiger partial charge in [0.25, 0.3) is 5.91 Å². The molecular formula is C27H28N6O4. The van der Waals surface area contributed by atoms with E-state index in [0.717, 1.165) is 5.56 Å². The summed E-state index contributed by atoms with van der Waals surface area (Å²) in [5.41, 5.74) is 7.81. The quantitative estimate of drug-likeness (QED) is 0.242. The van der Waals surface area contributed by atoms with E-state index in [1.807, 2.05) is 30.3 Å². The summed E-state index contributed by atoms with van der Waals surface area (Å²) >= 11 is 0. The maximum absolute atomic E-state index is 13.3. The molecule has 0 aliphatic heterocycles. The molecule has 2 heterocycles. The summed E-state index contributed by atoms with van der Waals surface area (Å²) in [6.45, 7) is 3.64. The van der Waals surface area contributed by atoms with Crippen LogP contribution in [0.2, 0.25) is 0 Å². The minimum atomic E-state index is -1.15. The number of benzene rings is 2. The lowest BCUT2D eigenvalue weighted by Gasteiger charge is -2.25. The molecule has 2 aromatic heterocycles. The first-order valence-corrected chi connectivity index (χ1v) is 11.5. The number of carbonyl (C=O) groups is 1. The van der Waals surface area contributed by atoms with E-state index in [-0.39, 0.29) is 41.3 Å². The van der Waals surface area contributed by atoms with Gasteiger partial charge in [0, 0.05) is 30.7 Å². The van der Waals surface area contributed by atoms with Crippen LogP contribution in [0.5, 0.6) is 0 Å². The first-order valence-electron chi connectivity index (χ1n) is 11.5. The zero-order valence-electron chi connectivity index (χ0n) is 20.8. The van der Waals surface area contributed by atoms with Gasteiger partial charge in [0.2, 0.25) is 17.7 Å². The van der Waals surface area contributed by atoms with Crippen molar-refractivity contribution in [3.05, 3.63) is 95.5 Å². The molecule has 10 nitrogen and oxygen atoms in total. The van der Waals surface area contributed by atoms with Crippen molar-refractivity contribution < 1.29 is 18.4 Å². The fourth-order valence-corrected chi connectivity index (χ4v) is 3.77. The van der Waals surface area contributed by atoms with E-state index in [1.54, 1.807) is 33.0 Å². The number of ether oxygens (including phenoxy) is 1. The van der Waals surface area contributed by atoms with E-state index in [2.05, 4.69) is 9.97 Å². The zero-order chi connectivity index (χ0) is 26.6. The minimum Gasteiger partial charge on any atom is -0.449 e. The smallest absolute Gasteiger partial charge is 0.253 e. The lowest BCUT2D eigenvalue weighted by Crippen LogP contribution is -2.48. The molecule has 0 radical (unpaired) electrons. The molecule has 0 aliphatic rings. The molecule has 0 spiro atoms.